The van der Waals surface area contributed by atoms with Gasteiger partial charge in [-0.3, -0.25) is 4.79 Å². The quantitative estimate of drug-likeness (QED) is 0.446. The maximum Gasteiger partial charge on any atom is 0.248 e. The molecule has 6 heteroatoms. The Labute approximate surface area is 131 Å². The van der Waals surface area contributed by atoms with Crippen LogP contribution < -0.4 is 16.0 Å². The van der Waals surface area contributed by atoms with Crippen molar-refractivity contribution in [1.82, 2.24) is 5.32 Å². The van der Waals surface area contributed by atoms with E-state index in [0.717, 1.165) is 31.7 Å². The lowest BCUT2D eigenvalue weighted by Gasteiger charge is -2.16. The van der Waals surface area contributed by atoms with Gasteiger partial charge in [-0.05, 0) is 31.4 Å². The summed E-state index contributed by atoms with van der Waals surface area (Å²) in [6.45, 7) is 4.85. The van der Waals surface area contributed by atoms with Crippen molar-refractivity contribution in [1.29, 1.82) is 0 Å². The van der Waals surface area contributed by atoms with E-state index in [1.54, 1.807) is 4.90 Å². The van der Waals surface area contributed by atoms with Gasteiger partial charge in [0, 0.05) is 32.0 Å². The Morgan fingerprint density at radius 2 is 2.27 bits per heavy atom. The Morgan fingerprint density at radius 1 is 1.45 bits per heavy atom. The van der Waals surface area contributed by atoms with Crippen molar-refractivity contribution in [3.8, 4) is 0 Å². The summed E-state index contributed by atoms with van der Waals surface area (Å²) in [7, 11) is 0. The fourth-order valence-corrected chi connectivity index (χ4v) is 2.43. The maximum atomic E-state index is 12.2. The lowest BCUT2D eigenvalue weighted by Crippen LogP contribution is -2.36. The van der Waals surface area contributed by atoms with Crippen molar-refractivity contribution in [2.45, 2.75) is 19.8 Å². The molecule has 0 radical (unpaired) electrons. The van der Waals surface area contributed by atoms with Gasteiger partial charge in [-0.15, -0.1) is 0 Å². The molecule has 0 spiro atoms. The first-order valence-electron chi connectivity index (χ1n) is 7.72. The molecule has 0 saturated heterocycles. The van der Waals surface area contributed by atoms with Gasteiger partial charge in [0.2, 0.25) is 5.91 Å². The first-order chi connectivity index (χ1) is 10.7. The SMILES string of the molecule is CCOCCCNC(N)=NCC(=O)N1CCc2ccccc21. The van der Waals surface area contributed by atoms with E-state index in [4.69, 9.17) is 10.5 Å². The Balaban J connectivity index is 1.77. The average molecular weight is 304 g/mol. The van der Waals surface area contributed by atoms with E-state index in [1.807, 2.05) is 25.1 Å². The molecule has 1 aromatic rings. The zero-order valence-corrected chi connectivity index (χ0v) is 13.0. The molecule has 0 atom stereocenters. The maximum absolute atomic E-state index is 12.2. The molecule has 1 aliphatic heterocycles. The fraction of sp³-hybridized carbons (Fsp3) is 0.500. The Hall–Kier alpha value is -2.08. The molecule has 22 heavy (non-hydrogen) atoms. The first-order valence-corrected chi connectivity index (χ1v) is 7.72. The number of carbonyl (C=O) groups is 1. The van der Waals surface area contributed by atoms with E-state index in [1.165, 1.54) is 5.56 Å². The Kier molecular flexibility index (Phi) is 6.21. The summed E-state index contributed by atoms with van der Waals surface area (Å²) in [6, 6.07) is 7.97. The number of anilines is 1. The summed E-state index contributed by atoms with van der Waals surface area (Å²) >= 11 is 0. The number of hydrogen-bond donors (Lipinski definition) is 2. The van der Waals surface area contributed by atoms with E-state index >= 15 is 0 Å². The zero-order chi connectivity index (χ0) is 15.8. The summed E-state index contributed by atoms with van der Waals surface area (Å²) in [6.07, 6.45) is 1.76. The van der Waals surface area contributed by atoms with E-state index in [9.17, 15) is 4.79 Å². The van der Waals surface area contributed by atoms with E-state index in [2.05, 4.69) is 16.4 Å². The molecule has 1 heterocycles. The molecule has 0 fully saturated rings. The molecule has 1 amide bonds. The molecular weight excluding hydrogens is 280 g/mol. The van der Waals surface area contributed by atoms with Crippen LogP contribution in [0.3, 0.4) is 0 Å². The summed E-state index contributed by atoms with van der Waals surface area (Å²) < 4.78 is 5.23. The number of guanidine groups is 1. The molecule has 120 valence electrons. The minimum Gasteiger partial charge on any atom is -0.382 e. The number of nitrogens with zero attached hydrogens (tertiary/aromatic N) is 2. The van der Waals surface area contributed by atoms with Crippen LogP contribution >= 0.6 is 0 Å². The predicted molar refractivity (Wildman–Crippen MR) is 88.1 cm³/mol. The number of nitrogens with one attached hydrogen (secondary N) is 1. The van der Waals surface area contributed by atoms with E-state index in [0.29, 0.717) is 19.1 Å². The van der Waals surface area contributed by atoms with Crippen LogP contribution in [-0.4, -0.2) is 44.7 Å². The molecule has 0 aliphatic carbocycles. The van der Waals surface area contributed by atoms with Gasteiger partial charge in [0.25, 0.3) is 0 Å². The van der Waals surface area contributed by atoms with Crippen molar-refractivity contribution >= 4 is 17.6 Å². The fourth-order valence-electron chi connectivity index (χ4n) is 2.43. The summed E-state index contributed by atoms with van der Waals surface area (Å²) in [5.74, 6) is 0.279. The van der Waals surface area contributed by atoms with Crippen molar-refractivity contribution < 1.29 is 9.53 Å². The molecule has 1 aromatic carbocycles. The summed E-state index contributed by atoms with van der Waals surface area (Å²) in [4.78, 5) is 18.1. The van der Waals surface area contributed by atoms with Crippen LogP contribution in [-0.2, 0) is 16.0 Å². The number of rotatable bonds is 7. The second-order valence-electron chi connectivity index (χ2n) is 5.10. The van der Waals surface area contributed by atoms with Crippen LogP contribution in [0.1, 0.15) is 18.9 Å². The van der Waals surface area contributed by atoms with Crippen molar-refractivity contribution in [2.75, 3.05) is 37.7 Å². The third-order valence-corrected chi connectivity index (χ3v) is 3.55. The van der Waals surface area contributed by atoms with Gasteiger partial charge in [-0.1, -0.05) is 18.2 Å². The van der Waals surface area contributed by atoms with Gasteiger partial charge >= 0.3 is 0 Å². The second kappa shape index (κ2) is 8.38. The van der Waals surface area contributed by atoms with Crippen LogP contribution in [0, 0.1) is 0 Å². The average Bonchev–Trinajstić information content (AvgIpc) is 2.96. The van der Waals surface area contributed by atoms with Gasteiger partial charge in [0.15, 0.2) is 5.96 Å². The van der Waals surface area contributed by atoms with Crippen molar-refractivity contribution in [3.63, 3.8) is 0 Å². The van der Waals surface area contributed by atoms with Gasteiger partial charge in [-0.2, -0.15) is 0 Å². The summed E-state index contributed by atoms with van der Waals surface area (Å²) in [5.41, 5.74) is 7.96. The lowest BCUT2D eigenvalue weighted by atomic mass is 10.2. The molecular formula is C16H24N4O2. The van der Waals surface area contributed by atoms with Gasteiger partial charge in [0.05, 0.1) is 0 Å². The number of aliphatic imine (C=N–C) groups is 1. The number of para-hydroxylation sites is 1. The second-order valence-corrected chi connectivity index (χ2v) is 5.10. The first kappa shape index (κ1) is 16.3. The molecule has 2 rings (SSSR count). The number of nitrogens with two attached hydrogens (primary N) is 1. The van der Waals surface area contributed by atoms with Crippen LogP contribution in [0.2, 0.25) is 0 Å². The molecule has 0 saturated carbocycles. The number of carbonyl (C=O) groups excluding carboxylic acids is 1. The molecule has 0 unspecified atom stereocenters. The third kappa shape index (κ3) is 4.46. The lowest BCUT2D eigenvalue weighted by molar-refractivity contribution is -0.117. The van der Waals surface area contributed by atoms with Crippen LogP contribution in [0.15, 0.2) is 29.3 Å². The standard InChI is InChI=1S/C16H24N4O2/c1-2-22-11-5-9-18-16(17)19-12-15(21)20-10-8-13-6-3-4-7-14(13)20/h3-4,6-7H,2,5,8-12H2,1H3,(H3,17,18,19). The summed E-state index contributed by atoms with van der Waals surface area (Å²) in [5, 5.41) is 2.98. The zero-order valence-electron chi connectivity index (χ0n) is 13.0. The predicted octanol–water partition coefficient (Wildman–Crippen LogP) is 0.907. The van der Waals surface area contributed by atoms with Crippen molar-refractivity contribution in [2.24, 2.45) is 10.7 Å². The number of hydrogen-bond acceptors (Lipinski definition) is 3. The molecule has 1 aliphatic rings. The minimum absolute atomic E-state index is 0.0241. The van der Waals surface area contributed by atoms with Crippen LogP contribution in [0.5, 0.6) is 0 Å². The van der Waals surface area contributed by atoms with Crippen LogP contribution in [0.25, 0.3) is 0 Å². The Bertz CT molecular complexity index is 531. The highest BCUT2D eigenvalue weighted by atomic mass is 16.5. The van der Waals surface area contributed by atoms with Gasteiger partial charge in [-0.25, -0.2) is 4.99 Å². The molecule has 0 aromatic heterocycles. The Morgan fingerprint density at radius 3 is 3.09 bits per heavy atom. The van der Waals surface area contributed by atoms with E-state index in [-0.39, 0.29) is 12.5 Å². The topological polar surface area (TPSA) is 80.0 Å². The number of benzene rings is 1. The number of amides is 1. The van der Waals surface area contributed by atoms with Gasteiger partial charge < -0.3 is 20.7 Å². The smallest absolute Gasteiger partial charge is 0.248 e. The highest BCUT2D eigenvalue weighted by Crippen LogP contribution is 2.27. The van der Waals surface area contributed by atoms with E-state index < -0.39 is 0 Å². The third-order valence-electron chi connectivity index (χ3n) is 3.55. The molecule has 0 bridgehead atoms. The molecule has 6 nitrogen and oxygen atoms in total. The number of fused-ring (bicyclic) bond motifs is 1. The highest BCUT2D eigenvalue weighted by molar-refractivity contribution is 5.97. The highest BCUT2D eigenvalue weighted by Gasteiger charge is 2.23. The minimum atomic E-state index is -0.0241. The largest absolute Gasteiger partial charge is 0.382 e. The van der Waals surface area contributed by atoms with Gasteiger partial charge in [0.1, 0.15) is 6.54 Å². The monoisotopic (exact) mass is 304 g/mol. The van der Waals surface area contributed by atoms with Crippen molar-refractivity contribution in [3.05, 3.63) is 29.8 Å². The molecule has 3 N–H and O–H groups in total. The normalized spacial score (nSPS) is 14.0. The van der Waals surface area contributed by atoms with Crippen LogP contribution in [0.4, 0.5) is 5.69 Å². The number of ether oxygens (including phenoxy) is 1.